The van der Waals surface area contributed by atoms with Crippen LogP contribution >= 0.6 is 0 Å². The molecule has 0 spiro atoms. The highest BCUT2D eigenvalue weighted by Crippen LogP contribution is 2.39. The molecule has 11 nitrogen and oxygen atoms in total. The molecule has 3 aromatic heterocycles. The summed E-state index contributed by atoms with van der Waals surface area (Å²) in [6.45, 7) is 6.38. The van der Waals surface area contributed by atoms with E-state index >= 15 is 0 Å². The van der Waals surface area contributed by atoms with Crippen LogP contribution in [0.2, 0.25) is 0 Å². The van der Waals surface area contributed by atoms with Gasteiger partial charge in [0.05, 0.1) is 49.6 Å². The van der Waals surface area contributed by atoms with Crippen LogP contribution in [0.3, 0.4) is 0 Å². The van der Waals surface area contributed by atoms with Gasteiger partial charge in [-0.2, -0.15) is 20.1 Å². The highest BCUT2D eigenvalue weighted by atomic mass is 16.5. The summed E-state index contributed by atoms with van der Waals surface area (Å²) >= 11 is 0. The quantitative estimate of drug-likeness (QED) is 0.530. The van der Waals surface area contributed by atoms with E-state index in [0.29, 0.717) is 55.7 Å². The van der Waals surface area contributed by atoms with E-state index in [0.717, 1.165) is 62.1 Å². The first kappa shape index (κ1) is 23.0. The molecule has 0 amide bonds. The molecule has 0 saturated carbocycles. The first-order valence-corrected chi connectivity index (χ1v) is 13.4. The van der Waals surface area contributed by atoms with Gasteiger partial charge >= 0.3 is 0 Å². The highest BCUT2D eigenvalue weighted by molar-refractivity contribution is 5.96. The molecule has 0 aliphatic carbocycles. The second kappa shape index (κ2) is 9.28. The standard InChI is InChI=1S/C26H32N8O3/c1-17-14-35-11-9-31(17)21-12-23(33-18-5-6-19(33)16-36-15-18)28-26-25(21)20(13-27)29-34(26)22-7-8-32(30-22)24-4-2-3-10-37-24/h7-8,12,17-19,24H,2-6,9-11,14-16H2,1H3/t17-,18?,19?,24?/m1/s1. The Balaban J connectivity index is 1.39. The van der Waals surface area contributed by atoms with Crippen molar-refractivity contribution in [3.05, 3.63) is 24.0 Å². The van der Waals surface area contributed by atoms with Crippen molar-refractivity contribution in [2.24, 2.45) is 0 Å². The zero-order valence-electron chi connectivity index (χ0n) is 21.1. The monoisotopic (exact) mass is 504 g/mol. The van der Waals surface area contributed by atoms with Gasteiger partial charge in [0.15, 0.2) is 17.2 Å². The summed E-state index contributed by atoms with van der Waals surface area (Å²) in [5, 5.41) is 20.5. The van der Waals surface area contributed by atoms with Gasteiger partial charge in [-0.3, -0.25) is 0 Å². The molecule has 11 heteroatoms. The molecule has 37 heavy (non-hydrogen) atoms. The summed E-state index contributed by atoms with van der Waals surface area (Å²) in [4.78, 5) is 9.93. The molecule has 4 fully saturated rings. The molecular weight excluding hydrogens is 472 g/mol. The third-order valence-electron chi connectivity index (χ3n) is 8.15. The summed E-state index contributed by atoms with van der Waals surface area (Å²) in [6, 6.07) is 7.21. The number of pyridine rings is 1. The Labute approximate surface area is 215 Å². The van der Waals surface area contributed by atoms with Gasteiger partial charge < -0.3 is 24.0 Å². The molecule has 2 bridgehead atoms. The smallest absolute Gasteiger partial charge is 0.177 e. The number of nitriles is 1. The highest BCUT2D eigenvalue weighted by Gasteiger charge is 2.39. The Hall–Kier alpha value is -3.20. The van der Waals surface area contributed by atoms with Crippen molar-refractivity contribution in [1.29, 1.82) is 5.26 Å². The normalized spacial score (nSPS) is 28.1. The molecule has 0 aromatic carbocycles. The topological polar surface area (TPSA) is 106 Å². The molecule has 194 valence electrons. The van der Waals surface area contributed by atoms with E-state index in [2.05, 4.69) is 28.9 Å². The van der Waals surface area contributed by atoms with E-state index in [1.807, 2.05) is 16.9 Å². The molecule has 4 saturated heterocycles. The predicted molar refractivity (Wildman–Crippen MR) is 136 cm³/mol. The van der Waals surface area contributed by atoms with Crippen LogP contribution in [0.15, 0.2) is 18.3 Å². The summed E-state index contributed by atoms with van der Waals surface area (Å²) in [6.07, 6.45) is 7.20. The second-order valence-corrected chi connectivity index (χ2v) is 10.5. The third-order valence-corrected chi connectivity index (χ3v) is 8.15. The second-order valence-electron chi connectivity index (χ2n) is 10.5. The SMILES string of the molecule is C[C@@H]1COCCN1c1cc(N2C3CCC2COC3)nc2c1c(C#N)nn2-c1ccn(C2CCCCO2)n1. The third kappa shape index (κ3) is 3.86. The first-order valence-electron chi connectivity index (χ1n) is 13.4. The van der Waals surface area contributed by atoms with Crippen LogP contribution in [0.5, 0.6) is 0 Å². The fourth-order valence-electron chi connectivity index (χ4n) is 6.30. The van der Waals surface area contributed by atoms with E-state index in [9.17, 15) is 5.26 Å². The molecule has 3 unspecified atom stereocenters. The van der Waals surface area contributed by atoms with E-state index in [1.165, 1.54) is 0 Å². The van der Waals surface area contributed by atoms with Crippen molar-refractivity contribution in [3.63, 3.8) is 0 Å². The van der Waals surface area contributed by atoms with Crippen LogP contribution in [0.1, 0.15) is 50.9 Å². The Bertz CT molecular complexity index is 1320. The van der Waals surface area contributed by atoms with Crippen LogP contribution in [0.25, 0.3) is 16.9 Å². The van der Waals surface area contributed by atoms with Crippen molar-refractivity contribution < 1.29 is 14.2 Å². The predicted octanol–water partition coefficient (Wildman–Crippen LogP) is 2.78. The Morgan fingerprint density at radius 1 is 1.00 bits per heavy atom. The lowest BCUT2D eigenvalue weighted by atomic mass is 10.1. The van der Waals surface area contributed by atoms with Gasteiger partial charge in [0.2, 0.25) is 0 Å². The number of hydrogen-bond donors (Lipinski definition) is 0. The number of fused-ring (bicyclic) bond motifs is 3. The van der Waals surface area contributed by atoms with Gasteiger partial charge in [0.25, 0.3) is 0 Å². The molecule has 7 heterocycles. The average Bonchev–Trinajstić information content (AvgIpc) is 3.63. The van der Waals surface area contributed by atoms with Crippen LogP contribution < -0.4 is 9.80 Å². The van der Waals surface area contributed by atoms with E-state index in [-0.39, 0.29) is 12.3 Å². The van der Waals surface area contributed by atoms with Crippen LogP contribution in [0.4, 0.5) is 11.5 Å². The number of morpholine rings is 2. The van der Waals surface area contributed by atoms with Gasteiger partial charge in [0, 0.05) is 37.5 Å². The summed E-state index contributed by atoms with van der Waals surface area (Å²) in [5.41, 5.74) is 2.00. The number of nitrogens with zero attached hydrogens (tertiary/aromatic N) is 8. The minimum absolute atomic E-state index is 0.0722. The Kier molecular flexibility index (Phi) is 5.75. The number of aromatic nitrogens is 5. The van der Waals surface area contributed by atoms with E-state index < -0.39 is 0 Å². The summed E-state index contributed by atoms with van der Waals surface area (Å²) < 4.78 is 21.1. The molecule has 4 atom stereocenters. The average molecular weight is 505 g/mol. The van der Waals surface area contributed by atoms with Crippen molar-refractivity contribution >= 4 is 22.5 Å². The summed E-state index contributed by atoms with van der Waals surface area (Å²) in [5.74, 6) is 1.55. The Morgan fingerprint density at radius 2 is 1.86 bits per heavy atom. The van der Waals surface area contributed by atoms with Crippen LogP contribution in [0, 0.1) is 11.3 Å². The van der Waals surface area contributed by atoms with Crippen molar-refractivity contribution in [1.82, 2.24) is 24.5 Å². The van der Waals surface area contributed by atoms with Gasteiger partial charge in [-0.15, -0.1) is 0 Å². The van der Waals surface area contributed by atoms with Crippen LogP contribution in [-0.4, -0.2) is 82.2 Å². The maximum atomic E-state index is 10.1. The number of hydrogen-bond acceptors (Lipinski definition) is 9. The van der Waals surface area contributed by atoms with Gasteiger partial charge in [0.1, 0.15) is 18.1 Å². The van der Waals surface area contributed by atoms with Crippen LogP contribution in [-0.2, 0) is 14.2 Å². The fraction of sp³-hybridized carbons (Fsp3) is 0.615. The lowest BCUT2D eigenvalue weighted by molar-refractivity contribution is -0.0395. The minimum atomic E-state index is -0.0722. The maximum absolute atomic E-state index is 10.1. The minimum Gasteiger partial charge on any atom is -0.377 e. The lowest BCUT2D eigenvalue weighted by Gasteiger charge is -2.38. The Morgan fingerprint density at radius 3 is 2.62 bits per heavy atom. The molecule has 0 radical (unpaired) electrons. The zero-order chi connectivity index (χ0) is 24.9. The molecular formula is C26H32N8O3. The number of rotatable bonds is 4. The van der Waals surface area contributed by atoms with Gasteiger partial charge in [-0.1, -0.05) is 0 Å². The van der Waals surface area contributed by atoms with Crippen molar-refractivity contribution in [2.75, 3.05) is 49.4 Å². The van der Waals surface area contributed by atoms with E-state index in [1.54, 1.807) is 4.68 Å². The van der Waals surface area contributed by atoms with Crippen molar-refractivity contribution in [2.45, 2.75) is 63.4 Å². The first-order chi connectivity index (χ1) is 18.2. The van der Waals surface area contributed by atoms with E-state index in [4.69, 9.17) is 29.4 Å². The van der Waals surface area contributed by atoms with Crippen molar-refractivity contribution in [3.8, 4) is 11.9 Å². The lowest BCUT2D eigenvalue weighted by Crippen LogP contribution is -2.47. The zero-order valence-corrected chi connectivity index (χ0v) is 21.1. The van der Waals surface area contributed by atoms with Gasteiger partial charge in [-0.25, -0.2) is 9.67 Å². The molecule has 0 N–H and O–H groups in total. The molecule has 4 aliphatic heterocycles. The molecule has 4 aliphatic rings. The fourth-order valence-corrected chi connectivity index (χ4v) is 6.30. The largest absolute Gasteiger partial charge is 0.377 e. The molecule has 7 rings (SSSR count). The maximum Gasteiger partial charge on any atom is 0.177 e. The summed E-state index contributed by atoms with van der Waals surface area (Å²) in [7, 11) is 0. The molecule has 3 aromatic rings. The van der Waals surface area contributed by atoms with Gasteiger partial charge in [-0.05, 0) is 39.0 Å². The number of ether oxygens (including phenoxy) is 3. The number of anilines is 2.